The average Bonchev–Trinajstić information content (AvgIpc) is 2.86. The summed E-state index contributed by atoms with van der Waals surface area (Å²) >= 11 is 0. The van der Waals surface area contributed by atoms with Gasteiger partial charge in [0.1, 0.15) is 0 Å². The van der Waals surface area contributed by atoms with Crippen molar-refractivity contribution in [1.29, 1.82) is 0 Å². The van der Waals surface area contributed by atoms with E-state index in [1.165, 1.54) is 16.8 Å². The van der Waals surface area contributed by atoms with Gasteiger partial charge in [-0.2, -0.15) is 0 Å². The third kappa shape index (κ3) is 3.06. The number of imidazole rings is 1. The fourth-order valence-corrected chi connectivity index (χ4v) is 3.14. The molecule has 1 amide bonds. The predicted octanol–water partition coefficient (Wildman–Crippen LogP) is 2.42. The number of rotatable bonds is 4. The zero-order valence-electron chi connectivity index (χ0n) is 13.3. The number of benzene rings is 1. The molecule has 1 atom stereocenters. The Hall–Kier alpha value is -2.10. The van der Waals surface area contributed by atoms with Crippen molar-refractivity contribution in [2.75, 3.05) is 6.54 Å². The summed E-state index contributed by atoms with van der Waals surface area (Å²) in [6, 6.07) is 8.46. The molecule has 1 aromatic carbocycles. The number of carbonyl (C=O) groups excluding carboxylic acids is 1. The van der Waals surface area contributed by atoms with Crippen LogP contribution in [-0.2, 0) is 24.2 Å². The molecule has 0 bridgehead atoms. The fourth-order valence-electron chi connectivity index (χ4n) is 3.14. The molecule has 1 heterocycles. The maximum absolute atomic E-state index is 12.4. The summed E-state index contributed by atoms with van der Waals surface area (Å²) in [5.41, 5.74) is 4.95. The molecule has 1 N–H and O–H groups in total. The van der Waals surface area contributed by atoms with Crippen LogP contribution in [0, 0.1) is 19.8 Å². The van der Waals surface area contributed by atoms with Gasteiger partial charge in [-0.05, 0) is 44.2 Å². The zero-order chi connectivity index (χ0) is 15.5. The van der Waals surface area contributed by atoms with Crippen molar-refractivity contribution >= 4 is 5.91 Å². The Bertz CT molecular complexity index is 675. The molecule has 0 saturated carbocycles. The first kappa shape index (κ1) is 14.8. The summed E-state index contributed by atoms with van der Waals surface area (Å²) < 4.78 is 2.09. The molecule has 0 spiro atoms. The van der Waals surface area contributed by atoms with Crippen LogP contribution in [0.25, 0.3) is 0 Å². The summed E-state index contributed by atoms with van der Waals surface area (Å²) in [6.45, 7) is 5.50. The Labute approximate surface area is 131 Å². The molecule has 4 heteroatoms. The number of carbonyl (C=O) groups is 1. The summed E-state index contributed by atoms with van der Waals surface area (Å²) in [4.78, 5) is 16.6. The smallest absolute Gasteiger partial charge is 0.223 e. The molecule has 0 saturated heterocycles. The van der Waals surface area contributed by atoms with Crippen LogP contribution in [-0.4, -0.2) is 22.0 Å². The highest BCUT2D eigenvalue weighted by Gasteiger charge is 2.23. The van der Waals surface area contributed by atoms with Crippen LogP contribution >= 0.6 is 0 Å². The van der Waals surface area contributed by atoms with E-state index < -0.39 is 0 Å². The highest BCUT2D eigenvalue weighted by atomic mass is 16.1. The Morgan fingerprint density at radius 3 is 2.82 bits per heavy atom. The minimum Gasteiger partial charge on any atom is -0.354 e. The molecule has 3 rings (SSSR count). The lowest BCUT2D eigenvalue weighted by molar-refractivity contribution is -0.125. The van der Waals surface area contributed by atoms with Crippen LogP contribution in [0.2, 0.25) is 0 Å². The van der Waals surface area contributed by atoms with E-state index in [-0.39, 0.29) is 11.8 Å². The molecule has 2 aromatic rings. The number of nitrogens with zero attached hydrogens (tertiary/aromatic N) is 2. The van der Waals surface area contributed by atoms with Crippen molar-refractivity contribution in [1.82, 2.24) is 14.9 Å². The standard InChI is InChI=1S/C18H23N3O/c1-13-14(2)21(12-20-13)10-9-19-18(22)17-8-7-15-5-3-4-6-16(15)11-17/h3-6,12,17H,7-11H2,1-2H3,(H,19,22)/t17-/m1/s1. The quantitative estimate of drug-likeness (QED) is 0.942. The second-order valence-corrected chi connectivity index (χ2v) is 6.11. The van der Waals surface area contributed by atoms with E-state index >= 15 is 0 Å². The molecule has 0 radical (unpaired) electrons. The van der Waals surface area contributed by atoms with Gasteiger partial charge in [-0.25, -0.2) is 4.98 Å². The summed E-state index contributed by atoms with van der Waals surface area (Å²) in [7, 11) is 0. The minimum atomic E-state index is 0.112. The van der Waals surface area contributed by atoms with Gasteiger partial charge in [0.05, 0.1) is 12.0 Å². The first-order chi connectivity index (χ1) is 10.6. The monoisotopic (exact) mass is 297 g/mol. The van der Waals surface area contributed by atoms with Gasteiger partial charge in [-0.3, -0.25) is 4.79 Å². The summed E-state index contributed by atoms with van der Waals surface area (Å²) in [6.07, 6.45) is 4.67. The number of aryl methyl sites for hydroxylation is 2. The van der Waals surface area contributed by atoms with Crippen LogP contribution in [0.15, 0.2) is 30.6 Å². The number of hydrogen-bond acceptors (Lipinski definition) is 2. The van der Waals surface area contributed by atoms with E-state index in [1.54, 1.807) is 0 Å². The highest BCUT2D eigenvalue weighted by Crippen LogP contribution is 2.25. The summed E-state index contributed by atoms with van der Waals surface area (Å²) in [5, 5.41) is 3.08. The van der Waals surface area contributed by atoms with Crippen LogP contribution in [0.5, 0.6) is 0 Å². The molecule has 1 aliphatic rings. The van der Waals surface area contributed by atoms with Crippen molar-refractivity contribution in [3.8, 4) is 0 Å². The number of hydrogen-bond donors (Lipinski definition) is 1. The number of fused-ring (bicyclic) bond motifs is 1. The number of aromatic nitrogens is 2. The molecule has 0 fully saturated rings. The first-order valence-electron chi connectivity index (χ1n) is 7.98. The molecule has 0 aliphatic heterocycles. The van der Waals surface area contributed by atoms with E-state index in [0.29, 0.717) is 6.54 Å². The van der Waals surface area contributed by atoms with Crippen LogP contribution in [0.4, 0.5) is 0 Å². The van der Waals surface area contributed by atoms with E-state index in [0.717, 1.165) is 31.5 Å². The van der Waals surface area contributed by atoms with Gasteiger partial charge < -0.3 is 9.88 Å². The van der Waals surface area contributed by atoms with Crippen molar-refractivity contribution < 1.29 is 4.79 Å². The van der Waals surface area contributed by atoms with Crippen molar-refractivity contribution in [3.63, 3.8) is 0 Å². The Morgan fingerprint density at radius 2 is 2.09 bits per heavy atom. The predicted molar refractivity (Wildman–Crippen MR) is 86.7 cm³/mol. The van der Waals surface area contributed by atoms with E-state index in [1.807, 2.05) is 13.3 Å². The Kier molecular flexibility index (Phi) is 4.27. The van der Waals surface area contributed by atoms with Gasteiger partial charge in [0.25, 0.3) is 0 Å². The third-order valence-corrected chi connectivity index (χ3v) is 4.71. The van der Waals surface area contributed by atoms with E-state index in [4.69, 9.17) is 0 Å². The highest BCUT2D eigenvalue weighted by molar-refractivity contribution is 5.79. The van der Waals surface area contributed by atoms with Crippen LogP contribution in [0.1, 0.15) is 28.9 Å². The lowest BCUT2D eigenvalue weighted by Gasteiger charge is -2.23. The van der Waals surface area contributed by atoms with Gasteiger partial charge >= 0.3 is 0 Å². The summed E-state index contributed by atoms with van der Waals surface area (Å²) in [5.74, 6) is 0.296. The van der Waals surface area contributed by atoms with E-state index in [2.05, 4.69) is 46.1 Å². The van der Waals surface area contributed by atoms with Gasteiger partial charge in [-0.1, -0.05) is 24.3 Å². The van der Waals surface area contributed by atoms with Gasteiger partial charge in [0.2, 0.25) is 5.91 Å². The fraction of sp³-hybridized carbons (Fsp3) is 0.444. The Balaban J connectivity index is 1.52. The first-order valence-corrected chi connectivity index (χ1v) is 7.98. The minimum absolute atomic E-state index is 0.112. The van der Waals surface area contributed by atoms with Crippen LogP contribution < -0.4 is 5.32 Å². The van der Waals surface area contributed by atoms with Gasteiger partial charge in [0.15, 0.2) is 0 Å². The molecule has 1 aliphatic carbocycles. The maximum Gasteiger partial charge on any atom is 0.223 e. The Morgan fingerprint density at radius 1 is 1.32 bits per heavy atom. The molecule has 0 unspecified atom stereocenters. The average molecular weight is 297 g/mol. The van der Waals surface area contributed by atoms with Crippen molar-refractivity contribution in [2.24, 2.45) is 5.92 Å². The van der Waals surface area contributed by atoms with Crippen LogP contribution in [0.3, 0.4) is 0 Å². The third-order valence-electron chi connectivity index (χ3n) is 4.71. The SMILES string of the molecule is Cc1ncn(CCNC(=O)[C@@H]2CCc3ccccc3C2)c1C. The van der Waals surface area contributed by atoms with Crippen molar-refractivity contribution in [2.45, 2.75) is 39.7 Å². The lowest BCUT2D eigenvalue weighted by Crippen LogP contribution is -2.35. The lowest BCUT2D eigenvalue weighted by atomic mass is 9.83. The molecule has 116 valence electrons. The molecule has 22 heavy (non-hydrogen) atoms. The number of amides is 1. The topological polar surface area (TPSA) is 46.9 Å². The van der Waals surface area contributed by atoms with Gasteiger partial charge in [0, 0.05) is 24.7 Å². The molecule has 4 nitrogen and oxygen atoms in total. The second kappa shape index (κ2) is 6.34. The normalized spacial score (nSPS) is 17.1. The molecular formula is C18H23N3O. The molecule has 1 aromatic heterocycles. The number of nitrogens with one attached hydrogen (secondary N) is 1. The maximum atomic E-state index is 12.4. The van der Waals surface area contributed by atoms with Crippen molar-refractivity contribution in [3.05, 3.63) is 53.1 Å². The van der Waals surface area contributed by atoms with E-state index in [9.17, 15) is 4.79 Å². The second-order valence-electron chi connectivity index (χ2n) is 6.11. The zero-order valence-corrected chi connectivity index (χ0v) is 13.3. The van der Waals surface area contributed by atoms with Gasteiger partial charge in [-0.15, -0.1) is 0 Å². The largest absolute Gasteiger partial charge is 0.354 e. The molecular weight excluding hydrogens is 274 g/mol.